The Morgan fingerprint density at radius 3 is 2.67 bits per heavy atom. The summed E-state index contributed by atoms with van der Waals surface area (Å²) in [6.07, 6.45) is 4.63. The quantitative estimate of drug-likeness (QED) is 0.921. The second kappa shape index (κ2) is 5.55. The molecule has 0 spiro atoms. The second-order valence-corrected chi connectivity index (χ2v) is 4.83. The molecule has 96 valence electrons. The first-order chi connectivity index (χ1) is 8.65. The molecule has 2 N–H and O–H groups in total. The third-order valence-electron chi connectivity index (χ3n) is 3.26. The molecule has 0 aliphatic heterocycles. The van der Waals surface area contributed by atoms with E-state index in [0.717, 1.165) is 22.8 Å². The largest absolute Gasteiger partial charge is 0.326 e. The minimum absolute atomic E-state index is 0.0119. The van der Waals surface area contributed by atoms with E-state index in [4.69, 9.17) is 17.3 Å². The van der Waals surface area contributed by atoms with Crippen LogP contribution in [-0.2, 0) is 0 Å². The molecule has 2 rings (SSSR count). The average Bonchev–Trinajstić information content (AvgIpc) is 2.78. The zero-order valence-corrected chi connectivity index (χ0v) is 11.4. The Bertz CT molecular complexity index is 521. The van der Waals surface area contributed by atoms with Gasteiger partial charge in [0.15, 0.2) is 0 Å². The number of hydrogen-bond donors (Lipinski definition) is 1. The summed E-state index contributed by atoms with van der Waals surface area (Å²) >= 11 is 6.30. The van der Waals surface area contributed by atoms with Crippen LogP contribution in [0.4, 0.5) is 0 Å². The van der Waals surface area contributed by atoms with E-state index in [2.05, 4.69) is 16.5 Å². The van der Waals surface area contributed by atoms with Crippen LogP contribution >= 0.6 is 11.6 Å². The van der Waals surface area contributed by atoms with Crippen molar-refractivity contribution in [1.29, 1.82) is 0 Å². The van der Waals surface area contributed by atoms with Gasteiger partial charge in [-0.2, -0.15) is 0 Å². The van der Waals surface area contributed by atoms with E-state index in [0.29, 0.717) is 0 Å². The van der Waals surface area contributed by atoms with Crippen LogP contribution in [0.2, 0.25) is 5.02 Å². The van der Waals surface area contributed by atoms with E-state index in [1.165, 1.54) is 0 Å². The Kier molecular flexibility index (Phi) is 4.04. The smallest absolute Gasteiger partial charge is 0.106 e. The van der Waals surface area contributed by atoms with Crippen molar-refractivity contribution in [3.8, 4) is 0 Å². The van der Waals surface area contributed by atoms with E-state index in [1.54, 1.807) is 6.20 Å². The molecule has 2 unspecified atom stereocenters. The number of benzene rings is 1. The van der Waals surface area contributed by atoms with Gasteiger partial charge in [0.1, 0.15) is 5.82 Å². The van der Waals surface area contributed by atoms with Gasteiger partial charge in [-0.1, -0.05) is 36.7 Å². The predicted molar refractivity (Wildman–Crippen MR) is 74.8 cm³/mol. The fraction of sp³-hybridized carbons (Fsp3) is 0.357. The van der Waals surface area contributed by atoms with Crippen molar-refractivity contribution in [2.24, 2.45) is 5.73 Å². The number of aromatic nitrogens is 2. The van der Waals surface area contributed by atoms with Crippen molar-refractivity contribution in [1.82, 2.24) is 9.55 Å². The molecule has 1 aromatic heterocycles. The zero-order chi connectivity index (χ0) is 13.1. The summed E-state index contributed by atoms with van der Waals surface area (Å²) < 4.78 is 2.09. The number of rotatable bonds is 4. The maximum Gasteiger partial charge on any atom is 0.106 e. The number of nitrogens with zero attached hydrogens (tertiary/aromatic N) is 2. The van der Waals surface area contributed by atoms with Crippen LogP contribution in [0.5, 0.6) is 0 Å². The molecule has 2 atom stereocenters. The summed E-state index contributed by atoms with van der Waals surface area (Å²) in [4.78, 5) is 4.27. The van der Waals surface area contributed by atoms with Gasteiger partial charge in [-0.3, -0.25) is 0 Å². The number of hydrogen-bond acceptors (Lipinski definition) is 2. The molecule has 0 radical (unpaired) electrons. The van der Waals surface area contributed by atoms with Crippen LogP contribution in [0.3, 0.4) is 0 Å². The van der Waals surface area contributed by atoms with Gasteiger partial charge >= 0.3 is 0 Å². The lowest BCUT2D eigenvalue weighted by Crippen LogP contribution is -2.33. The van der Waals surface area contributed by atoms with Crippen molar-refractivity contribution in [3.63, 3.8) is 0 Å². The van der Waals surface area contributed by atoms with Crippen LogP contribution in [0, 0.1) is 6.92 Å². The maximum absolute atomic E-state index is 6.30. The molecular weight excluding hydrogens is 246 g/mol. The molecule has 0 aliphatic rings. The molecule has 1 heterocycles. The van der Waals surface area contributed by atoms with E-state index < -0.39 is 0 Å². The maximum atomic E-state index is 6.30. The normalized spacial score (nSPS) is 14.4. The van der Waals surface area contributed by atoms with E-state index in [9.17, 15) is 0 Å². The highest BCUT2D eigenvalue weighted by atomic mass is 35.5. The van der Waals surface area contributed by atoms with Crippen molar-refractivity contribution in [2.75, 3.05) is 0 Å². The number of imidazole rings is 1. The standard InChI is InChI=1S/C14H18ClN3/c1-3-13(16)14(18-9-8-17-10(18)2)11-6-4-5-7-12(11)15/h4-9,13-14H,3,16H2,1-2H3. The third kappa shape index (κ3) is 2.42. The Morgan fingerprint density at radius 2 is 2.11 bits per heavy atom. The SMILES string of the molecule is CCC(N)C(c1ccccc1Cl)n1ccnc1C. The van der Waals surface area contributed by atoms with E-state index in [1.807, 2.05) is 37.4 Å². The highest BCUT2D eigenvalue weighted by molar-refractivity contribution is 6.31. The van der Waals surface area contributed by atoms with Crippen LogP contribution < -0.4 is 5.73 Å². The molecule has 4 heteroatoms. The van der Waals surface area contributed by atoms with Gasteiger partial charge in [0.05, 0.1) is 6.04 Å². The molecule has 18 heavy (non-hydrogen) atoms. The fourth-order valence-corrected chi connectivity index (χ4v) is 2.45. The second-order valence-electron chi connectivity index (χ2n) is 4.42. The highest BCUT2D eigenvalue weighted by Crippen LogP contribution is 2.29. The number of aryl methyl sites for hydroxylation is 1. The summed E-state index contributed by atoms with van der Waals surface area (Å²) in [5.41, 5.74) is 7.32. The minimum atomic E-state index is 0.0119. The lowest BCUT2D eigenvalue weighted by molar-refractivity contribution is 0.451. The number of halogens is 1. The van der Waals surface area contributed by atoms with Crippen LogP contribution in [0.1, 0.15) is 30.8 Å². The van der Waals surface area contributed by atoms with Crippen molar-refractivity contribution < 1.29 is 0 Å². The Morgan fingerprint density at radius 1 is 1.39 bits per heavy atom. The first-order valence-electron chi connectivity index (χ1n) is 6.14. The van der Waals surface area contributed by atoms with Gasteiger partial charge in [0.2, 0.25) is 0 Å². The zero-order valence-electron chi connectivity index (χ0n) is 10.7. The molecule has 2 aromatic rings. The lowest BCUT2D eigenvalue weighted by atomic mass is 9.97. The van der Waals surface area contributed by atoms with Crippen molar-refractivity contribution in [3.05, 3.63) is 53.1 Å². The summed E-state index contributed by atoms with van der Waals surface area (Å²) in [6, 6.07) is 7.90. The fourth-order valence-electron chi connectivity index (χ4n) is 2.21. The van der Waals surface area contributed by atoms with Gasteiger partial charge in [-0.25, -0.2) is 4.98 Å². The van der Waals surface area contributed by atoms with Gasteiger partial charge in [-0.15, -0.1) is 0 Å². The van der Waals surface area contributed by atoms with Crippen molar-refractivity contribution >= 4 is 11.6 Å². The van der Waals surface area contributed by atoms with Gasteiger partial charge < -0.3 is 10.3 Å². The molecule has 0 bridgehead atoms. The van der Waals surface area contributed by atoms with Gasteiger partial charge in [0.25, 0.3) is 0 Å². The highest BCUT2D eigenvalue weighted by Gasteiger charge is 2.23. The molecule has 0 aliphatic carbocycles. The van der Waals surface area contributed by atoms with E-state index >= 15 is 0 Å². The Hall–Kier alpha value is -1.32. The van der Waals surface area contributed by atoms with Crippen molar-refractivity contribution in [2.45, 2.75) is 32.4 Å². The summed E-state index contributed by atoms with van der Waals surface area (Å²) in [6.45, 7) is 4.06. The molecule has 3 nitrogen and oxygen atoms in total. The Labute approximate surface area is 113 Å². The van der Waals surface area contributed by atoms with Gasteiger partial charge in [0, 0.05) is 23.5 Å². The molecule has 0 fully saturated rings. The monoisotopic (exact) mass is 263 g/mol. The Balaban J connectivity index is 2.51. The van der Waals surface area contributed by atoms with Crippen LogP contribution in [0.25, 0.3) is 0 Å². The van der Waals surface area contributed by atoms with E-state index in [-0.39, 0.29) is 12.1 Å². The number of nitrogens with two attached hydrogens (primary N) is 1. The predicted octanol–water partition coefficient (Wildman–Crippen LogP) is 3.17. The summed E-state index contributed by atoms with van der Waals surface area (Å²) in [5.74, 6) is 0.948. The van der Waals surface area contributed by atoms with Crippen LogP contribution in [-0.4, -0.2) is 15.6 Å². The minimum Gasteiger partial charge on any atom is -0.326 e. The van der Waals surface area contributed by atoms with Crippen LogP contribution in [0.15, 0.2) is 36.7 Å². The lowest BCUT2D eigenvalue weighted by Gasteiger charge is -2.26. The average molecular weight is 264 g/mol. The molecule has 1 aromatic carbocycles. The third-order valence-corrected chi connectivity index (χ3v) is 3.61. The molecular formula is C14H18ClN3. The summed E-state index contributed by atoms with van der Waals surface area (Å²) in [5, 5.41) is 0.750. The molecule has 0 saturated carbocycles. The molecule has 0 saturated heterocycles. The van der Waals surface area contributed by atoms with Gasteiger partial charge in [-0.05, 0) is 25.0 Å². The first kappa shape index (κ1) is 13.1. The first-order valence-corrected chi connectivity index (χ1v) is 6.52. The topological polar surface area (TPSA) is 43.8 Å². The molecule has 0 amide bonds. The summed E-state index contributed by atoms with van der Waals surface area (Å²) in [7, 11) is 0.